The highest BCUT2D eigenvalue weighted by Gasteiger charge is 2.17. The van der Waals surface area contributed by atoms with Crippen LogP contribution in [0.1, 0.15) is 11.6 Å². The van der Waals surface area contributed by atoms with Crippen molar-refractivity contribution >= 4 is 11.6 Å². The summed E-state index contributed by atoms with van der Waals surface area (Å²) in [6, 6.07) is 8.01. The lowest BCUT2D eigenvalue weighted by atomic mass is 10.1. The van der Waals surface area contributed by atoms with E-state index < -0.39 is 0 Å². The molecule has 1 atom stereocenters. The van der Waals surface area contributed by atoms with E-state index in [1.54, 1.807) is 0 Å². The van der Waals surface area contributed by atoms with E-state index in [-0.39, 0.29) is 6.04 Å². The van der Waals surface area contributed by atoms with Gasteiger partial charge in [0.1, 0.15) is 0 Å². The fourth-order valence-electron chi connectivity index (χ4n) is 1.66. The molecule has 0 unspecified atom stereocenters. The average Bonchev–Trinajstić information content (AvgIpc) is 2.44. The SMILES string of the molecule is C=C1CN[C@H](c2ccccc2Cl)COC1. The van der Waals surface area contributed by atoms with Crippen molar-refractivity contribution < 1.29 is 4.74 Å². The van der Waals surface area contributed by atoms with Crippen LogP contribution in [0, 0.1) is 0 Å². The number of rotatable bonds is 1. The second-order valence-corrected chi connectivity index (χ2v) is 4.13. The summed E-state index contributed by atoms with van der Waals surface area (Å²) in [5.74, 6) is 0. The first-order valence-electron chi connectivity index (χ1n) is 4.99. The van der Waals surface area contributed by atoms with Crippen LogP contribution in [0.25, 0.3) is 0 Å². The highest BCUT2D eigenvalue weighted by molar-refractivity contribution is 6.31. The van der Waals surface area contributed by atoms with Gasteiger partial charge in [-0.15, -0.1) is 0 Å². The van der Waals surface area contributed by atoms with Crippen molar-refractivity contribution in [2.24, 2.45) is 0 Å². The predicted molar refractivity (Wildman–Crippen MR) is 62.2 cm³/mol. The molecule has 2 rings (SSSR count). The molecule has 3 heteroatoms. The van der Waals surface area contributed by atoms with Gasteiger partial charge < -0.3 is 10.1 Å². The normalized spacial score (nSPS) is 22.5. The molecule has 0 spiro atoms. The monoisotopic (exact) mass is 223 g/mol. The maximum Gasteiger partial charge on any atom is 0.0687 e. The largest absolute Gasteiger partial charge is 0.375 e. The third-order valence-corrected chi connectivity index (χ3v) is 2.81. The summed E-state index contributed by atoms with van der Waals surface area (Å²) in [5.41, 5.74) is 2.17. The number of benzene rings is 1. The first-order valence-corrected chi connectivity index (χ1v) is 5.37. The highest BCUT2D eigenvalue weighted by atomic mass is 35.5. The summed E-state index contributed by atoms with van der Waals surface area (Å²) >= 11 is 6.13. The molecule has 1 saturated heterocycles. The van der Waals surface area contributed by atoms with Crippen LogP contribution in [0.2, 0.25) is 5.02 Å². The van der Waals surface area contributed by atoms with Crippen LogP contribution in [0.3, 0.4) is 0 Å². The van der Waals surface area contributed by atoms with Gasteiger partial charge in [0, 0.05) is 11.6 Å². The van der Waals surface area contributed by atoms with Gasteiger partial charge in [-0.3, -0.25) is 0 Å². The minimum Gasteiger partial charge on any atom is -0.375 e. The Bertz CT molecular complexity index is 364. The molecule has 1 fully saturated rings. The zero-order valence-electron chi connectivity index (χ0n) is 8.50. The summed E-state index contributed by atoms with van der Waals surface area (Å²) in [6.07, 6.45) is 0. The van der Waals surface area contributed by atoms with E-state index in [1.165, 1.54) is 0 Å². The van der Waals surface area contributed by atoms with Gasteiger partial charge in [0.15, 0.2) is 0 Å². The van der Waals surface area contributed by atoms with Crippen LogP contribution in [-0.2, 0) is 4.74 Å². The maximum absolute atomic E-state index is 6.13. The van der Waals surface area contributed by atoms with E-state index in [0.717, 1.165) is 22.7 Å². The topological polar surface area (TPSA) is 21.3 Å². The maximum atomic E-state index is 6.13. The van der Waals surface area contributed by atoms with Gasteiger partial charge in [-0.2, -0.15) is 0 Å². The standard InChI is InChI=1S/C12H14ClNO/c1-9-6-14-12(8-15-7-9)10-4-2-3-5-11(10)13/h2-5,12,14H,1,6-8H2/t12-/m0/s1. The summed E-state index contributed by atoms with van der Waals surface area (Å²) < 4.78 is 5.51. The van der Waals surface area contributed by atoms with Gasteiger partial charge in [-0.25, -0.2) is 0 Å². The second kappa shape index (κ2) is 4.79. The van der Waals surface area contributed by atoms with Crippen LogP contribution in [0.5, 0.6) is 0 Å². The zero-order valence-corrected chi connectivity index (χ0v) is 9.26. The Balaban J connectivity index is 2.16. The van der Waals surface area contributed by atoms with Crippen LogP contribution >= 0.6 is 11.6 Å². The molecule has 1 aliphatic rings. The van der Waals surface area contributed by atoms with Gasteiger partial charge in [-0.05, 0) is 17.2 Å². The molecule has 0 radical (unpaired) electrons. The average molecular weight is 224 g/mol. The molecule has 1 N–H and O–H groups in total. The molecule has 1 heterocycles. The molecule has 0 saturated carbocycles. The van der Waals surface area contributed by atoms with Crippen LogP contribution in [0.15, 0.2) is 36.4 Å². The van der Waals surface area contributed by atoms with Gasteiger partial charge in [0.2, 0.25) is 0 Å². The Morgan fingerprint density at radius 3 is 3.00 bits per heavy atom. The molecule has 1 aromatic carbocycles. The minimum absolute atomic E-state index is 0.165. The molecule has 1 aliphatic heterocycles. The Kier molecular flexibility index (Phi) is 3.41. The lowest BCUT2D eigenvalue weighted by molar-refractivity contribution is 0.146. The molecule has 2 nitrogen and oxygen atoms in total. The van der Waals surface area contributed by atoms with Gasteiger partial charge >= 0.3 is 0 Å². The van der Waals surface area contributed by atoms with Crippen molar-refractivity contribution in [3.05, 3.63) is 47.0 Å². The van der Waals surface area contributed by atoms with Gasteiger partial charge in [0.05, 0.1) is 19.3 Å². The number of hydrogen-bond acceptors (Lipinski definition) is 2. The first-order chi connectivity index (χ1) is 7.27. The summed E-state index contributed by atoms with van der Waals surface area (Å²) in [7, 11) is 0. The molecule has 0 aliphatic carbocycles. The van der Waals surface area contributed by atoms with Crippen molar-refractivity contribution in [1.82, 2.24) is 5.32 Å². The number of halogens is 1. The summed E-state index contributed by atoms with van der Waals surface area (Å²) in [4.78, 5) is 0. The second-order valence-electron chi connectivity index (χ2n) is 3.72. The van der Waals surface area contributed by atoms with E-state index in [4.69, 9.17) is 16.3 Å². The molecular weight excluding hydrogens is 210 g/mol. The Hall–Kier alpha value is -0.830. The molecule has 0 bridgehead atoms. The quantitative estimate of drug-likeness (QED) is 0.739. The van der Waals surface area contributed by atoms with Crippen molar-refractivity contribution in [3.63, 3.8) is 0 Å². The fraction of sp³-hybridized carbons (Fsp3) is 0.333. The van der Waals surface area contributed by atoms with Crippen molar-refractivity contribution in [2.75, 3.05) is 19.8 Å². The number of ether oxygens (including phenoxy) is 1. The van der Waals surface area contributed by atoms with Crippen LogP contribution in [-0.4, -0.2) is 19.8 Å². The van der Waals surface area contributed by atoms with E-state index in [1.807, 2.05) is 24.3 Å². The van der Waals surface area contributed by atoms with Gasteiger partial charge in [0.25, 0.3) is 0 Å². The smallest absolute Gasteiger partial charge is 0.0687 e. The van der Waals surface area contributed by atoms with Crippen molar-refractivity contribution in [2.45, 2.75) is 6.04 Å². The molecule has 0 amide bonds. The molecule has 15 heavy (non-hydrogen) atoms. The Morgan fingerprint density at radius 2 is 2.20 bits per heavy atom. The van der Waals surface area contributed by atoms with Gasteiger partial charge in [-0.1, -0.05) is 36.4 Å². The van der Waals surface area contributed by atoms with Crippen molar-refractivity contribution in [1.29, 1.82) is 0 Å². The van der Waals surface area contributed by atoms with Crippen molar-refractivity contribution in [3.8, 4) is 0 Å². The molecule has 80 valence electrons. The summed E-state index contributed by atoms with van der Waals surface area (Å²) in [5, 5.41) is 4.16. The minimum atomic E-state index is 0.165. The highest BCUT2D eigenvalue weighted by Crippen LogP contribution is 2.24. The van der Waals surface area contributed by atoms with E-state index in [0.29, 0.717) is 13.2 Å². The fourth-order valence-corrected chi connectivity index (χ4v) is 1.92. The lowest BCUT2D eigenvalue weighted by Crippen LogP contribution is -2.24. The molecular formula is C12H14ClNO. The lowest BCUT2D eigenvalue weighted by Gasteiger charge is -2.16. The van der Waals surface area contributed by atoms with Crippen LogP contribution < -0.4 is 5.32 Å². The predicted octanol–water partition coefficient (Wildman–Crippen LogP) is 2.56. The Labute approximate surface area is 94.9 Å². The summed E-state index contributed by atoms with van der Waals surface area (Å²) in [6.45, 7) is 5.97. The molecule has 0 aromatic heterocycles. The van der Waals surface area contributed by atoms with E-state index >= 15 is 0 Å². The third kappa shape index (κ3) is 2.59. The Morgan fingerprint density at radius 1 is 1.40 bits per heavy atom. The zero-order chi connectivity index (χ0) is 10.7. The van der Waals surface area contributed by atoms with E-state index in [9.17, 15) is 0 Å². The van der Waals surface area contributed by atoms with Crippen LogP contribution in [0.4, 0.5) is 0 Å². The number of hydrogen-bond donors (Lipinski definition) is 1. The third-order valence-electron chi connectivity index (χ3n) is 2.47. The van der Waals surface area contributed by atoms with E-state index in [2.05, 4.69) is 11.9 Å². The first kappa shape index (κ1) is 10.7. The molecule has 1 aromatic rings. The number of nitrogens with one attached hydrogen (secondary N) is 1.